The van der Waals surface area contributed by atoms with Crippen LogP contribution in [-0.4, -0.2) is 21.2 Å². The lowest BCUT2D eigenvalue weighted by molar-refractivity contribution is -0.113. The van der Waals surface area contributed by atoms with Crippen molar-refractivity contribution >= 4 is 45.9 Å². The minimum absolute atomic E-state index is 0.0790. The highest BCUT2D eigenvalue weighted by molar-refractivity contribution is 7.99. The van der Waals surface area contributed by atoms with E-state index in [1.165, 1.54) is 11.8 Å². The van der Waals surface area contributed by atoms with E-state index >= 15 is 0 Å². The Morgan fingerprint density at radius 1 is 1.21 bits per heavy atom. The summed E-state index contributed by atoms with van der Waals surface area (Å²) in [6.07, 6.45) is 0. The van der Waals surface area contributed by atoms with E-state index < -0.39 is 0 Å². The Hall–Kier alpha value is -2.31. The maximum Gasteiger partial charge on any atom is 0.262 e. The van der Waals surface area contributed by atoms with Crippen molar-refractivity contribution in [2.75, 3.05) is 11.1 Å². The second-order valence-electron chi connectivity index (χ2n) is 6.98. The molecule has 0 atom stereocenters. The molecule has 2 aromatic carbocycles. The van der Waals surface area contributed by atoms with Crippen LogP contribution >= 0.6 is 23.4 Å². The van der Waals surface area contributed by atoms with Gasteiger partial charge in [0, 0.05) is 16.8 Å². The third-order valence-corrected chi connectivity index (χ3v) is 5.53. The second kappa shape index (κ2) is 8.37. The van der Waals surface area contributed by atoms with Gasteiger partial charge in [-0.3, -0.25) is 14.2 Å². The Bertz CT molecular complexity index is 1110. The van der Waals surface area contributed by atoms with Gasteiger partial charge in [-0.2, -0.15) is 0 Å². The average Bonchev–Trinajstić information content (AvgIpc) is 2.62. The van der Waals surface area contributed by atoms with Crippen LogP contribution in [0.1, 0.15) is 31.0 Å². The zero-order chi connectivity index (χ0) is 20.4. The Kier molecular flexibility index (Phi) is 6.10. The minimum atomic E-state index is -0.144. The summed E-state index contributed by atoms with van der Waals surface area (Å²) in [6, 6.07) is 10.9. The molecule has 3 aromatic rings. The molecular weight excluding hydrogens is 394 g/mol. The SMILES string of the molecule is Cc1ccc(C)c(NC(=O)CSc2nc3cc(Cl)ccc3c(=O)n2C(C)C)c1. The first kappa shape index (κ1) is 20.4. The molecule has 0 aliphatic heterocycles. The Morgan fingerprint density at radius 3 is 2.68 bits per heavy atom. The third-order valence-electron chi connectivity index (χ3n) is 4.35. The predicted octanol–water partition coefficient (Wildman–Crippen LogP) is 4.98. The summed E-state index contributed by atoms with van der Waals surface area (Å²) in [6.45, 7) is 7.78. The number of halogens is 1. The molecule has 0 radical (unpaired) electrons. The Balaban J connectivity index is 1.87. The maximum absolute atomic E-state index is 12.9. The van der Waals surface area contributed by atoms with E-state index in [2.05, 4.69) is 10.3 Å². The van der Waals surface area contributed by atoms with E-state index in [9.17, 15) is 9.59 Å². The molecule has 0 bridgehead atoms. The number of fused-ring (bicyclic) bond motifs is 1. The molecule has 1 aromatic heterocycles. The van der Waals surface area contributed by atoms with Crippen LogP contribution in [0.5, 0.6) is 0 Å². The lowest BCUT2D eigenvalue weighted by Crippen LogP contribution is -2.25. The summed E-state index contributed by atoms with van der Waals surface area (Å²) in [5.41, 5.74) is 3.28. The maximum atomic E-state index is 12.9. The summed E-state index contributed by atoms with van der Waals surface area (Å²) in [7, 11) is 0. The van der Waals surface area contributed by atoms with Crippen LogP contribution < -0.4 is 10.9 Å². The molecule has 0 saturated carbocycles. The number of benzene rings is 2. The van der Waals surface area contributed by atoms with Crippen molar-refractivity contribution in [3.8, 4) is 0 Å². The average molecular weight is 416 g/mol. The van der Waals surface area contributed by atoms with Gasteiger partial charge in [0.2, 0.25) is 5.91 Å². The van der Waals surface area contributed by atoms with Crippen molar-refractivity contribution in [2.24, 2.45) is 0 Å². The molecule has 0 saturated heterocycles. The van der Waals surface area contributed by atoms with E-state index in [0.29, 0.717) is 21.1 Å². The molecular formula is C21H22ClN3O2S. The largest absolute Gasteiger partial charge is 0.325 e. The summed E-state index contributed by atoms with van der Waals surface area (Å²) < 4.78 is 1.62. The van der Waals surface area contributed by atoms with Crippen molar-refractivity contribution in [1.82, 2.24) is 9.55 Å². The number of hydrogen-bond donors (Lipinski definition) is 1. The number of thioether (sulfide) groups is 1. The highest BCUT2D eigenvalue weighted by Gasteiger charge is 2.16. The first-order valence-corrected chi connectivity index (χ1v) is 10.3. The fraction of sp³-hybridized carbons (Fsp3) is 0.286. The number of amides is 1. The van der Waals surface area contributed by atoms with Crippen molar-refractivity contribution in [2.45, 2.75) is 38.9 Å². The van der Waals surface area contributed by atoms with Gasteiger partial charge in [0.1, 0.15) is 0 Å². The van der Waals surface area contributed by atoms with Gasteiger partial charge in [0.05, 0.1) is 16.7 Å². The molecule has 0 unspecified atom stereocenters. The van der Waals surface area contributed by atoms with Gasteiger partial charge < -0.3 is 5.32 Å². The minimum Gasteiger partial charge on any atom is -0.325 e. The van der Waals surface area contributed by atoms with Crippen LogP contribution in [0.4, 0.5) is 5.69 Å². The number of aromatic nitrogens is 2. The number of nitrogens with one attached hydrogen (secondary N) is 1. The van der Waals surface area contributed by atoms with Gasteiger partial charge in [-0.25, -0.2) is 4.98 Å². The Labute approximate surface area is 173 Å². The Morgan fingerprint density at radius 2 is 1.96 bits per heavy atom. The molecule has 28 heavy (non-hydrogen) atoms. The number of rotatable bonds is 5. The topological polar surface area (TPSA) is 64.0 Å². The highest BCUT2D eigenvalue weighted by atomic mass is 35.5. The summed E-state index contributed by atoms with van der Waals surface area (Å²) in [5, 5.41) is 4.48. The summed E-state index contributed by atoms with van der Waals surface area (Å²) in [4.78, 5) is 29.9. The molecule has 1 N–H and O–H groups in total. The molecule has 7 heteroatoms. The van der Waals surface area contributed by atoms with Gasteiger partial charge in [-0.05, 0) is 63.1 Å². The number of aryl methyl sites for hydroxylation is 2. The van der Waals surface area contributed by atoms with Crippen molar-refractivity contribution in [3.63, 3.8) is 0 Å². The first-order chi connectivity index (χ1) is 13.3. The van der Waals surface area contributed by atoms with Crippen LogP contribution in [0, 0.1) is 13.8 Å². The second-order valence-corrected chi connectivity index (χ2v) is 8.36. The lowest BCUT2D eigenvalue weighted by atomic mass is 10.1. The van der Waals surface area contributed by atoms with Crippen LogP contribution in [-0.2, 0) is 4.79 Å². The first-order valence-electron chi connectivity index (χ1n) is 8.98. The lowest BCUT2D eigenvalue weighted by Gasteiger charge is -2.16. The van der Waals surface area contributed by atoms with Crippen LogP contribution in [0.15, 0.2) is 46.3 Å². The fourth-order valence-corrected chi connectivity index (χ4v) is 3.99. The molecule has 3 rings (SSSR count). The normalized spacial score (nSPS) is 11.2. The molecule has 146 valence electrons. The molecule has 0 aliphatic rings. The van der Waals surface area contributed by atoms with E-state index in [-0.39, 0.29) is 23.3 Å². The smallest absolute Gasteiger partial charge is 0.262 e. The zero-order valence-electron chi connectivity index (χ0n) is 16.2. The summed E-state index contributed by atoms with van der Waals surface area (Å²) >= 11 is 7.30. The van der Waals surface area contributed by atoms with Gasteiger partial charge >= 0.3 is 0 Å². The molecule has 0 aliphatic carbocycles. The van der Waals surface area contributed by atoms with E-state index in [1.54, 1.807) is 22.8 Å². The van der Waals surface area contributed by atoms with Crippen molar-refractivity contribution in [1.29, 1.82) is 0 Å². The number of carbonyl (C=O) groups is 1. The monoisotopic (exact) mass is 415 g/mol. The van der Waals surface area contributed by atoms with E-state index in [4.69, 9.17) is 11.6 Å². The van der Waals surface area contributed by atoms with E-state index in [0.717, 1.165) is 16.8 Å². The van der Waals surface area contributed by atoms with Gasteiger partial charge in [0.25, 0.3) is 5.56 Å². The number of hydrogen-bond acceptors (Lipinski definition) is 4. The predicted molar refractivity (Wildman–Crippen MR) is 117 cm³/mol. The summed E-state index contributed by atoms with van der Waals surface area (Å²) in [5.74, 6) is 0.00737. The molecule has 1 amide bonds. The number of nitrogens with zero attached hydrogens (tertiary/aromatic N) is 2. The van der Waals surface area contributed by atoms with Crippen molar-refractivity contribution in [3.05, 3.63) is 62.9 Å². The fourth-order valence-electron chi connectivity index (χ4n) is 2.90. The third kappa shape index (κ3) is 4.39. The van der Waals surface area contributed by atoms with Gasteiger partial charge in [-0.1, -0.05) is 35.5 Å². The van der Waals surface area contributed by atoms with Crippen LogP contribution in [0.2, 0.25) is 5.02 Å². The molecule has 0 fully saturated rings. The van der Waals surface area contributed by atoms with Gasteiger partial charge in [-0.15, -0.1) is 0 Å². The van der Waals surface area contributed by atoms with E-state index in [1.807, 2.05) is 45.9 Å². The highest BCUT2D eigenvalue weighted by Crippen LogP contribution is 2.23. The van der Waals surface area contributed by atoms with Crippen LogP contribution in [0.25, 0.3) is 10.9 Å². The molecule has 0 spiro atoms. The number of carbonyl (C=O) groups excluding carboxylic acids is 1. The quantitative estimate of drug-likeness (QED) is 0.471. The van der Waals surface area contributed by atoms with Crippen molar-refractivity contribution < 1.29 is 4.79 Å². The standard InChI is InChI=1S/C21H22ClN3O2S/c1-12(2)25-20(27)16-8-7-15(22)10-18(16)24-21(25)28-11-19(26)23-17-9-13(3)5-6-14(17)4/h5-10,12H,11H2,1-4H3,(H,23,26). The zero-order valence-corrected chi connectivity index (χ0v) is 17.8. The number of anilines is 1. The molecule has 1 heterocycles. The van der Waals surface area contributed by atoms with Gasteiger partial charge in [0.15, 0.2) is 5.16 Å². The van der Waals surface area contributed by atoms with Crippen LogP contribution in [0.3, 0.4) is 0 Å². The molecule has 5 nitrogen and oxygen atoms in total.